The van der Waals surface area contributed by atoms with Gasteiger partial charge in [-0.25, -0.2) is 0 Å². The Bertz CT molecular complexity index is 231. The molecule has 0 aliphatic heterocycles. The maximum atomic E-state index is 11.2. The zero-order valence-electron chi connectivity index (χ0n) is 9.82. The Morgan fingerprint density at radius 3 is 2.27 bits per heavy atom. The lowest BCUT2D eigenvalue weighted by atomic mass is 10.2. The number of likely N-dealkylation sites (N-methyl/N-ethyl adjacent to an activating group) is 1. The second-order valence-electron chi connectivity index (χ2n) is 3.89. The van der Waals surface area contributed by atoms with Gasteiger partial charge in [0.15, 0.2) is 0 Å². The topological polar surface area (TPSA) is 63.4 Å². The van der Waals surface area contributed by atoms with E-state index in [1.54, 1.807) is 6.92 Å². The summed E-state index contributed by atoms with van der Waals surface area (Å²) < 4.78 is 0. The molecule has 1 amide bonds. The number of rotatable bonds is 7. The summed E-state index contributed by atoms with van der Waals surface area (Å²) in [4.78, 5) is 23.9. The van der Waals surface area contributed by atoms with Gasteiger partial charge in [-0.15, -0.1) is 0 Å². The summed E-state index contributed by atoms with van der Waals surface area (Å²) in [6, 6.07) is -0.0326. The first-order chi connectivity index (χ1) is 6.86. The van der Waals surface area contributed by atoms with Gasteiger partial charge in [0.05, 0.1) is 11.8 Å². The second kappa shape index (κ2) is 6.85. The summed E-state index contributed by atoms with van der Waals surface area (Å²) in [5.74, 6) is 0.803. The fourth-order valence-electron chi connectivity index (χ4n) is 1.07. The number of carbonyl (C=O) groups is 2. The van der Waals surface area contributed by atoms with Crippen LogP contribution in [-0.2, 0) is 9.59 Å². The Labute approximate surface area is 95.6 Å². The highest BCUT2D eigenvalue weighted by molar-refractivity contribution is 8.00. The van der Waals surface area contributed by atoms with Crippen molar-refractivity contribution in [2.75, 3.05) is 18.6 Å². The van der Waals surface area contributed by atoms with Crippen molar-refractivity contribution >= 4 is 23.5 Å². The number of thioether (sulfide) groups is 1. The number of carbonyl (C=O) groups excluding carboxylic acids is 2. The molecule has 0 heterocycles. The first kappa shape index (κ1) is 14.5. The highest BCUT2D eigenvalue weighted by atomic mass is 32.2. The van der Waals surface area contributed by atoms with E-state index in [1.165, 1.54) is 11.8 Å². The number of amides is 1. The van der Waals surface area contributed by atoms with E-state index in [2.05, 4.69) is 0 Å². The Balaban J connectivity index is 4.17. The van der Waals surface area contributed by atoms with Crippen LogP contribution in [0.4, 0.5) is 0 Å². The maximum Gasteiger partial charge on any atom is 0.235 e. The van der Waals surface area contributed by atoms with Gasteiger partial charge in [-0.3, -0.25) is 14.5 Å². The Hall–Kier alpha value is -0.550. The fraction of sp³-hybridized carbons (Fsp3) is 0.800. The maximum absolute atomic E-state index is 11.2. The lowest BCUT2D eigenvalue weighted by Crippen LogP contribution is -2.47. The molecule has 0 aromatic rings. The van der Waals surface area contributed by atoms with Gasteiger partial charge in [-0.1, -0.05) is 0 Å². The van der Waals surface area contributed by atoms with Crippen LogP contribution in [0.3, 0.4) is 0 Å². The summed E-state index contributed by atoms with van der Waals surface area (Å²) in [6.45, 7) is 5.55. The predicted molar refractivity (Wildman–Crippen MR) is 63.9 cm³/mol. The number of hydrogen-bond donors (Lipinski definition) is 1. The molecule has 0 aliphatic carbocycles. The van der Waals surface area contributed by atoms with Crippen molar-refractivity contribution in [1.29, 1.82) is 0 Å². The van der Waals surface area contributed by atoms with Crippen molar-refractivity contribution in [3.63, 3.8) is 0 Å². The van der Waals surface area contributed by atoms with E-state index >= 15 is 0 Å². The van der Waals surface area contributed by atoms with E-state index in [0.29, 0.717) is 11.5 Å². The number of Topliss-reactive ketones (excluding diaryl/α,β-unsaturated/α-hetero) is 1. The van der Waals surface area contributed by atoms with Gasteiger partial charge in [-0.2, -0.15) is 11.8 Å². The molecular formula is C10H20N2O2S. The molecule has 0 saturated carbocycles. The van der Waals surface area contributed by atoms with Crippen LogP contribution in [-0.4, -0.2) is 47.2 Å². The molecule has 0 aromatic heterocycles. The molecule has 0 saturated heterocycles. The van der Waals surface area contributed by atoms with Crippen molar-refractivity contribution < 1.29 is 9.59 Å². The number of nitrogens with zero attached hydrogens (tertiary/aromatic N) is 1. The quantitative estimate of drug-likeness (QED) is 0.694. The Kier molecular flexibility index (Phi) is 6.60. The van der Waals surface area contributed by atoms with E-state index in [4.69, 9.17) is 5.73 Å². The van der Waals surface area contributed by atoms with Gasteiger partial charge >= 0.3 is 0 Å². The molecule has 2 N–H and O–H groups in total. The van der Waals surface area contributed by atoms with Crippen LogP contribution in [0.5, 0.6) is 0 Å². The SMILES string of the molecule is CC(=O)CSCC(C(N)=O)N(C)C(C)C. The van der Waals surface area contributed by atoms with Gasteiger partial charge in [0.1, 0.15) is 5.78 Å². The third-order valence-electron chi connectivity index (χ3n) is 2.22. The minimum absolute atomic E-state index is 0.121. The molecule has 0 aliphatic rings. The van der Waals surface area contributed by atoms with Gasteiger partial charge in [0.25, 0.3) is 0 Å². The summed E-state index contributed by atoms with van der Waals surface area (Å²) in [5.41, 5.74) is 5.31. The fourth-order valence-corrected chi connectivity index (χ4v) is 2.10. The lowest BCUT2D eigenvalue weighted by molar-refractivity contribution is -0.122. The van der Waals surface area contributed by atoms with Crippen LogP contribution in [0.1, 0.15) is 20.8 Å². The molecule has 0 radical (unpaired) electrons. The van der Waals surface area contributed by atoms with Gasteiger partial charge in [0, 0.05) is 11.8 Å². The van der Waals surface area contributed by atoms with Crippen molar-refractivity contribution in [2.45, 2.75) is 32.9 Å². The average molecular weight is 232 g/mol. The predicted octanol–water partition coefficient (Wildman–Crippen LogP) is 0.503. The highest BCUT2D eigenvalue weighted by Gasteiger charge is 2.22. The summed E-state index contributed by atoms with van der Waals surface area (Å²) >= 11 is 1.45. The van der Waals surface area contributed by atoms with Crippen molar-refractivity contribution in [1.82, 2.24) is 4.90 Å². The zero-order valence-corrected chi connectivity index (χ0v) is 10.6. The lowest BCUT2D eigenvalue weighted by Gasteiger charge is -2.28. The molecule has 5 heteroatoms. The van der Waals surface area contributed by atoms with E-state index in [1.807, 2.05) is 25.8 Å². The van der Waals surface area contributed by atoms with Crippen LogP contribution in [0.15, 0.2) is 0 Å². The summed E-state index contributed by atoms with van der Waals surface area (Å²) in [7, 11) is 1.87. The van der Waals surface area contributed by atoms with Gasteiger partial charge in [0.2, 0.25) is 5.91 Å². The Morgan fingerprint density at radius 2 is 1.93 bits per heavy atom. The van der Waals surface area contributed by atoms with E-state index in [0.717, 1.165) is 0 Å². The first-order valence-corrected chi connectivity index (χ1v) is 6.10. The van der Waals surface area contributed by atoms with Crippen LogP contribution in [0.25, 0.3) is 0 Å². The van der Waals surface area contributed by atoms with E-state index in [9.17, 15) is 9.59 Å². The molecule has 1 unspecified atom stereocenters. The number of hydrogen-bond acceptors (Lipinski definition) is 4. The monoisotopic (exact) mass is 232 g/mol. The van der Waals surface area contributed by atoms with Crippen molar-refractivity contribution in [3.05, 3.63) is 0 Å². The molecule has 88 valence electrons. The average Bonchev–Trinajstić information content (AvgIpc) is 2.10. The van der Waals surface area contributed by atoms with Gasteiger partial charge in [-0.05, 0) is 27.8 Å². The minimum Gasteiger partial charge on any atom is -0.368 e. The smallest absolute Gasteiger partial charge is 0.235 e. The third-order valence-corrected chi connectivity index (χ3v) is 3.38. The van der Waals surface area contributed by atoms with Crippen LogP contribution >= 0.6 is 11.8 Å². The van der Waals surface area contributed by atoms with E-state index < -0.39 is 0 Å². The minimum atomic E-state index is -0.331. The van der Waals surface area contributed by atoms with Crippen molar-refractivity contribution in [2.24, 2.45) is 5.73 Å². The largest absolute Gasteiger partial charge is 0.368 e. The zero-order chi connectivity index (χ0) is 12.0. The normalized spacial score (nSPS) is 13.2. The molecular weight excluding hydrogens is 212 g/mol. The van der Waals surface area contributed by atoms with Crippen LogP contribution in [0, 0.1) is 0 Å². The molecule has 0 spiro atoms. The van der Waals surface area contributed by atoms with Crippen LogP contribution < -0.4 is 5.73 Å². The number of primary amides is 1. The second-order valence-corrected chi connectivity index (χ2v) is 4.92. The van der Waals surface area contributed by atoms with Crippen LogP contribution in [0.2, 0.25) is 0 Å². The molecule has 0 aromatic carbocycles. The molecule has 15 heavy (non-hydrogen) atoms. The molecule has 1 atom stereocenters. The molecule has 0 fully saturated rings. The third kappa shape index (κ3) is 5.79. The van der Waals surface area contributed by atoms with E-state index in [-0.39, 0.29) is 23.8 Å². The highest BCUT2D eigenvalue weighted by Crippen LogP contribution is 2.10. The first-order valence-electron chi connectivity index (χ1n) is 4.94. The number of nitrogens with two attached hydrogens (primary N) is 1. The summed E-state index contributed by atoms with van der Waals surface area (Å²) in [6.07, 6.45) is 0. The number of ketones is 1. The molecule has 0 rings (SSSR count). The van der Waals surface area contributed by atoms with Gasteiger partial charge < -0.3 is 5.73 Å². The molecule has 0 bridgehead atoms. The standard InChI is InChI=1S/C10H20N2O2S/c1-7(2)12(4)9(10(11)14)6-15-5-8(3)13/h7,9H,5-6H2,1-4H3,(H2,11,14). The Morgan fingerprint density at radius 1 is 1.40 bits per heavy atom. The molecule has 4 nitrogen and oxygen atoms in total. The van der Waals surface area contributed by atoms with Crippen molar-refractivity contribution in [3.8, 4) is 0 Å². The summed E-state index contributed by atoms with van der Waals surface area (Å²) in [5, 5.41) is 0.